The van der Waals surface area contributed by atoms with Crippen molar-refractivity contribution in [3.8, 4) is 0 Å². The molecule has 2 aliphatic rings. The highest BCUT2D eigenvalue weighted by molar-refractivity contribution is 8.14. The van der Waals surface area contributed by atoms with Crippen molar-refractivity contribution in [2.24, 2.45) is 4.99 Å². The van der Waals surface area contributed by atoms with Gasteiger partial charge < -0.3 is 0 Å². The Morgan fingerprint density at radius 3 is 2.73 bits per heavy atom. The number of carbonyl (C=O) groups is 1. The smallest absolute Gasteiger partial charge is 0.290 e. The molecule has 0 aromatic rings. The Kier molecular flexibility index (Phi) is 2.72. The van der Waals surface area contributed by atoms with E-state index in [1.54, 1.807) is 0 Å². The van der Waals surface area contributed by atoms with Gasteiger partial charge >= 0.3 is 10.2 Å². The molecule has 1 atom stereocenters. The molecule has 1 fully saturated rings. The Bertz CT molecular complexity index is 420. The van der Waals surface area contributed by atoms with Gasteiger partial charge in [-0.1, -0.05) is 11.8 Å². The second-order valence-corrected chi connectivity index (χ2v) is 6.00. The number of hydrogen-bond donors (Lipinski definition) is 0. The minimum atomic E-state index is -4.62. The lowest BCUT2D eigenvalue weighted by atomic mass is 10.4. The van der Waals surface area contributed by atoms with Crippen LogP contribution in [0.5, 0.6) is 0 Å². The summed E-state index contributed by atoms with van der Waals surface area (Å²) in [5, 5.41) is -0.708. The number of aliphatic imine (C=N–C) groups is 1. The Balaban J connectivity index is 2.14. The van der Waals surface area contributed by atoms with Crippen LogP contribution in [0.2, 0.25) is 0 Å². The van der Waals surface area contributed by atoms with E-state index in [-0.39, 0.29) is 18.9 Å². The molecule has 2 aliphatic heterocycles. The predicted octanol–water partition coefficient (Wildman–Crippen LogP) is -0.0106. The molecule has 84 valence electrons. The largest absolute Gasteiger partial charge is 0.307 e. The summed E-state index contributed by atoms with van der Waals surface area (Å²) < 4.78 is 34.0. The average molecular weight is 252 g/mol. The van der Waals surface area contributed by atoms with Gasteiger partial charge in [0.25, 0.3) is 0 Å². The highest BCUT2D eigenvalue weighted by atomic mass is 32.3. The summed E-state index contributed by atoms with van der Waals surface area (Å²) in [5.41, 5.74) is 0. The lowest BCUT2D eigenvalue weighted by Crippen LogP contribution is -2.30. The maximum atomic E-state index is 12.7. The maximum absolute atomic E-state index is 12.7. The van der Waals surface area contributed by atoms with Gasteiger partial charge in [-0.3, -0.25) is 14.7 Å². The fourth-order valence-corrected chi connectivity index (χ4v) is 3.08. The lowest BCUT2D eigenvalue weighted by molar-refractivity contribution is -0.124. The topological polar surface area (TPSA) is 66.8 Å². The third kappa shape index (κ3) is 2.15. The molecule has 0 spiro atoms. The van der Waals surface area contributed by atoms with Gasteiger partial charge in [-0.2, -0.15) is 8.42 Å². The van der Waals surface area contributed by atoms with E-state index in [0.29, 0.717) is 11.7 Å². The van der Waals surface area contributed by atoms with Crippen molar-refractivity contribution in [3.05, 3.63) is 0 Å². The number of likely N-dealkylation sites (tertiary alicyclic amines) is 1. The van der Waals surface area contributed by atoms with E-state index in [1.807, 2.05) is 0 Å². The van der Waals surface area contributed by atoms with Crippen LogP contribution < -0.4 is 0 Å². The van der Waals surface area contributed by atoms with E-state index in [0.717, 1.165) is 5.75 Å². The standard InChI is InChI=1S/C7H9FN2O3S2/c8-15(12,13)5-3-6(11)10(4-5)7-9-1-2-14-7/h5H,1-4H2. The molecule has 5 nitrogen and oxygen atoms in total. The molecule has 1 unspecified atom stereocenters. The second kappa shape index (κ2) is 3.75. The first-order valence-electron chi connectivity index (χ1n) is 4.39. The molecule has 0 saturated carbocycles. The van der Waals surface area contributed by atoms with Crippen LogP contribution in [0.3, 0.4) is 0 Å². The average Bonchev–Trinajstić information content (AvgIpc) is 2.69. The molecule has 1 amide bonds. The number of thioether (sulfide) groups is 1. The molecular weight excluding hydrogens is 243 g/mol. The van der Waals surface area contributed by atoms with Crippen molar-refractivity contribution in [3.63, 3.8) is 0 Å². The van der Waals surface area contributed by atoms with Gasteiger partial charge in [0.05, 0.1) is 6.54 Å². The van der Waals surface area contributed by atoms with Gasteiger partial charge in [0, 0.05) is 18.7 Å². The molecule has 0 radical (unpaired) electrons. The lowest BCUT2D eigenvalue weighted by Gasteiger charge is -2.13. The molecule has 0 aromatic heterocycles. The first-order valence-corrected chi connectivity index (χ1v) is 6.83. The van der Waals surface area contributed by atoms with Crippen LogP contribution in [0.1, 0.15) is 6.42 Å². The molecule has 15 heavy (non-hydrogen) atoms. The van der Waals surface area contributed by atoms with E-state index in [1.165, 1.54) is 16.7 Å². The number of amidine groups is 1. The van der Waals surface area contributed by atoms with Crippen molar-refractivity contribution in [2.75, 3.05) is 18.8 Å². The highest BCUT2D eigenvalue weighted by Gasteiger charge is 2.40. The SMILES string of the molecule is O=C1CC(S(=O)(=O)F)CN1C1=NCCS1. The molecule has 1 saturated heterocycles. The van der Waals surface area contributed by atoms with Gasteiger partial charge in [-0.25, -0.2) is 0 Å². The van der Waals surface area contributed by atoms with Crippen LogP contribution in [-0.4, -0.2) is 48.5 Å². The summed E-state index contributed by atoms with van der Waals surface area (Å²) in [6.45, 7) is 0.514. The van der Waals surface area contributed by atoms with Gasteiger partial charge in [-0.15, -0.1) is 3.89 Å². The zero-order valence-corrected chi connectivity index (χ0v) is 9.35. The molecule has 8 heteroatoms. The van der Waals surface area contributed by atoms with E-state index >= 15 is 0 Å². The number of carbonyl (C=O) groups excluding carboxylic acids is 1. The van der Waals surface area contributed by atoms with Gasteiger partial charge in [-0.05, 0) is 0 Å². The predicted molar refractivity (Wildman–Crippen MR) is 54.9 cm³/mol. The molecule has 0 N–H and O–H groups in total. The molecule has 0 bridgehead atoms. The number of hydrogen-bond acceptors (Lipinski definition) is 5. The van der Waals surface area contributed by atoms with Crippen LogP contribution in [-0.2, 0) is 15.0 Å². The monoisotopic (exact) mass is 252 g/mol. The molecule has 2 rings (SSSR count). The van der Waals surface area contributed by atoms with Crippen LogP contribution in [0.4, 0.5) is 3.89 Å². The minimum absolute atomic E-state index is 0.108. The molecular formula is C7H9FN2O3S2. The Morgan fingerprint density at radius 1 is 1.53 bits per heavy atom. The Labute approximate surface area is 90.9 Å². The van der Waals surface area contributed by atoms with Crippen LogP contribution in [0, 0.1) is 0 Å². The normalized spacial score (nSPS) is 27.3. The highest BCUT2D eigenvalue weighted by Crippen LogP contribution is 2.25. The van der Waals surface area contributed by atoms with Gasteiger partial charge in [0.2, 0.25) is 5.91 Å². The first kappa shape index (κ1) is 10.9. The zero-order chi connectivity index (χ0) is 11.1. The fraction of sp³-hybridized carbons (Fsp3) is 0.714. The summed E-state index contributed by atoms with van der Waals surface area (Å²) in [7, 11) is -4.62. The van der Waals surface area contributed by atoms with E-state index in [2.05, 4.69) is 4.99 Å². The molecule has 2 heterocycles. The Morgan fingerprint density at radius 2 is 2.27 bits per heavy atom. The van der Waals surface area contributed by atoms with Crippen LogP contribution in [0.15, 0.2) is 4.99 Å². The maximum Gasteiger partial charge on any atom is 0.307 e. The van der Waals surface area contributed by atoms with E-state index in [9.17, 15) is 17.1 Å². The molecule has 0 aliphatic carbocycles. The minimum Gasteiger partial charge on any atom is -0.290 e. The van der Waals surface area contributed by atoms with Crippen LogP contribution in [0.25, 0.3) is 0 Å². The number of nitrogens with zero attached hydrogens (tertiary/aromatic N) is 2. The van der Waals surface area contributed by atoms with Crippen molar-refractivity contribution in [2.45, 2.75) is 11.7 Å². The van der Waals surface area contributed by atoms with Gasteiger partial charge in [0.15, 0.2) is 5.17 Å². The van der Waals surface area contributed by atoms with Crippen molar-refractivity contribution in [1.82, 2.24) is 4.90 Å². The van der Waals surface area contributed by atoms with Crippen LogP contribution >= 0.6 is 11.8 Å². The fourth-order valence-electron chi connectivity index (χ4n) is 1.54. The second-order valence-electron chi connectivity index (χ2n) is 3.32. The third-order valence-electron chi connectivity index (χ3n) is 2.29. The van der Waals surface area contributed by atoms with Gasteiger partial charge in [0.1, 0.15) is 5.25 Å². The number of amides is 1. The number of rotatable bonds is 1. The quantitative estimate of drug-likeness (QED) is 0.616. The summed E-state index contributed by atoms with van der Waals surface area (Å²) >= 11 is 1.39. The molecule has 0 aromatic carbocycles. The van der Waals surface area contributed by atoms with Crippen molar-refractivity contribution >= 4 is 33.1 Å². The summed E-state index contributed by atoms with van der Waals surface area (Å²) in [6, 6.07) is 0. The summed E-state index contributed by atoms with van der Waals surface area (Å²) in [6.07, 6.45) is -0.279. The van der Waals surface area contributed by atoms with E-state index < -0.39 is 15.5 Å². The number of halogens is 1. The zero-order valence-electron chi connectivity index (χ0n) is 7.72. The van der Waals surface area contributed by atoms with E-state index in [4.69, 9.17) is 0 Å². The van der Waals surface area contributed by atoms with Crippen molar-refractivity contribution in [1.29, 1.82) is 0 Å². The van der Waals surface area contributed by atoms with Crippen molar-refractivity contribution < 1.29 is 17.1 Å². The third-order valence-corrected chi connectivity index (χ3v) is 4.39. The summed E-state index contributed by atoms with van der Waals surface area (Å²) in [5.74, 6) is 0.418. The first-order chi connectivity index (χ1) is 6.98. The Hall–Kier alpha value is -0.630. The summed E-state index contributed by atoms with van der Waals surface area (Å²) in [4.78, 5) is 16.7.